The van der Waals surface area contributed by atoms with Crippen LogP contribution < -0.4 is 4.90 Å². The van der Waals surface area contributed by atoms with Crippen molar-refractivity contribution in [1.29, 1.82) is 0 Å². The normalized spacial score (nSPS) is 10.5. The third-order valence-electron chi connectivity index (χ3n) is 2.37. The summed E-state index contributed by atoms with van der Waals surface area (Å²) in [6.45, 7) is 2.73. The Morgan fingerprint density at radius 2 is 1.94 bits per heavy atom. The lowest BCUT2D eigenvalue weighted by Crippen LogP contribution is -2.29. The molecular formula is C12H19FN2O2. The monoisotopic (exact) mass is 242 g/mol. The van der Waals surface area contributed by atoms with E-state index in [1.165, 1.54) is 6.07 Å². The maximum atomic E-state index is 13.0. The number of nitrogens with zero attached hydrogens (tertiary/aromatic N) is 2. The Kier molecular flexibility index (Phi) is 6.50. The van der Waals surface area contributed by atoms with E-state index in [0.29, 0.717) is 25.6 Å². The molecule has 0 aliphatic rings. The molecule has 0 radical (unpaired) electrons. The van der Waals surface area contributed by atoms with Crippen LogP contribution in [0.15, 0.2) is 18.2 Å². The molecular weight excluding hydrogens is 223 g/mol. The Balaban J connectivity index is 2.60. The predicted octanol–water partition coefficient (Wildman–Crippen LogP) is 1.71. The summed E-state index contributed by atoms with van der Waals surface area (Å²) >= 11 is 0. The molecule has 0 unspecified atom stereocenters. The molecule has 0 aromatic carbocycles. The molecule has 1 rings (SSSR count). The molecule has 0 saturated heterocycles. The van der Waals surface area contributed by atoms with Crippen molar-refractivity contribution in [3.05, 3.63) is 24.1 Å². The van der Waals surface area contributed by atoms with Crippen LogP contribution >= 0.6 is 0 Å². The number of aromatic nitrogens is 1. The number of halogens is 1. The fraction of sp³-hybridized carbons (Fsp3) is 0.583. The molecule has 0 spiro atoms. The highest BCUT2D eigenvalue weighted by Crippen LogP contribution is 2.11. The Morgan fingerprint density at radius 1 is 1.18 bits per heavy atom. The molecule has 0 N–H and O–H groups in total. The summed E-state index contributed by atoms with van der Waals surface area (Å²) in [6.07, 6.45) is 0.873. The number of hydrogen-bond donors (Lipinski definition) is 0. The first kappa shape index (κ1) is 13.9. The minimum atomic E-state index is -0.461. The molecule has 0 atom stereocenters. The smallest absolute Gasteiger partial charge is 0.214 e. The van der Waals surface area contributed by atoms with E-state index >= 15 is 0 Å². The van der Waals surface area contributed by atoms with E-state index in [9.17, 15) is 4.39 Å². The summed E-state index contributed by atoms with van der Waals surface area (Å²) in [6, 6.07) is 4.80. The zero-order valence-electron chi connectivity index (χ0n) is 10.4. The van der Waals surface area contributed by atoms with Crippen molar-refractivity contribution in [2.75, 3.05) is 45.4 Å². The van der Waals surface area contributed by atoms with Gasteiger partial charge in [-0.1, -0.05) is 6.07 Å². The molecule has 0 saturated carbocycles. The minimum absolute atomic E-state index is 0.461. The summed E-state index contributed by atoms with van der Waals surface area (Å²) in [5.74, 6) is 0.176. The maximum absolute atomic E-state index is 13.0. The third kappa shape index (κ3) is 5.10. The lowest BCUT2D eigenvalue weighted by atomic mass is 10.3. The van der Waals surface area contributed by atoms with Gasteiger partial charge >= 0.3 is 0 Å². The zero-order chi connectivity index (χ0) is 12.5. The van der Waals surface area contributed by atoms with Gasteiger partial charge in [-0.05, 0) is 18.6 Å². The summed E-state index contributed by atoms with van der Waals surface area (Å²) in [7, 11) is 3.31. The highest BCUT2D eigenvalue weighted by atomic mass is 19.1. The largest absolute Gasteiger partial charge is 0.385 e. The van der Waals surface area contributed by atoms with E-state index in [1.807, 2.05) is 4.90 Å². The Morgan fingerprint density at radius 3 is 2.59 bits per heavy atom. The molecule has 0 aliphatic heterocycles. The van der Waals surface area contributed by atoms with Crippen LogP contribution in [0.3, 0.4) is 0 Å². The van der Waals surface area contributed by atoms with Crippen LogP contribution in [0.1, 0.15) is 6.42 Å². The fourth-order valence-corrected chi connectivity index (χ4v) is 1.52. The number of pyridine rings is 1. The molecule has 1 aromatic heterocycles. The average molecular weight is 242 g/mol. The van der Waals surface area contributed by atoms with E-state index in [4.69, 9.17) is 9.47 Å². The second-order valence-corrected chi connectivity index (χ2v) is 3.64. The third-order valence-corrected chi connectivity index (χ3v) is 2.37. The molecule has 96 valence electrons. The summed E-state index contributed by atoms with van der Waals surface area (Å²) in [5, 5.41) is 0. The van der Waals surface area contributed by atoms with Crippen LogP contribution in [0.25, 0.3) is 0 Å². The van der Waals surface area contributed by atoms with Gasteiger partial charge in [-0.15, -0.1) is 0 Å². The summed E-state index contributed by atoms with van der Waals surface area (Å²) < 4.78 is 23.1. The second kappa shape index (κ2) is 7.97. The Labute approximate surface area is 101 Å². The molecule has 0 amide bonds. The van der Waals surface area contributed by atoms with Crippen LogP contribution in [-0.2, 0) is 9.47 Å². The Hall–Kier alpha value is -1.20. The first-order valence-electron chi connectivity index (χ1n) is 5.63. The van der Waals surface area contributed by atoms with Crippen molar-refractivity contribution >= 4 is 5.82 Å². The number of anilines is 1. The molecule has 0 bridgehead atoms. The van der Waals surface area contributed by atoms with Gasteiger partial charge in [-0.25, -0.2) is 4.98 Å². The predicted molar refractivity (Wildman–Crippen MR) is 64.8 cm³/mol. The van der Waals surface area contributed by atoms with Crippen molar-refractivity contribution in [2.24, 2.45) is 0 Å². The second-order valence-electron chi connectivity index (χ2n) is 3.64. The van der Waals surface area contributed by atoms with Crippen molar-refractivity contribution in [3.63, 3.8) is 0 Å². The quantitative estimate of drug-likeness (QED) is 0.513. The number of ether oxygens (including phenoxy) is 2. The van der Waals surface area contributed by atoms with E-state index in [0.717, 1.165) is 13.0 Å². The minimum Gasteiger partial charge on any atom is -0.385 e. The Bertz CT molecular complexity index is 323. The lowest BCUT2D eigenvalue weighted by molar-refractivity contribution is 0.191. The van der Waals surface area contributed by atoms with Gasteiger partial charge in [-0.3, -0.25) is 0 Å². The number of hydrogen-bond acceptors (Lipinski definition) is 4. The maximum Gasteiger partial charge on any atom is 0.214 e. The molecule has 17 heavy (non-hydrogen) atoms. The summed E-state index contributed by atoms with van der Waals surface area (Å²) in [5.41, 5.74) is 0. The van der Waals surface area contributed by atoms with Crippen molar-refractivity contribution in [1.82, 2.24) is 4.98 Å². The van der Waals surface area contributed by atoms with Gasteiger partial charge in [0.15, 0.2) is 0 Å². The SMILES string of the molecule is COCCCN(CCOC)c1cccc(F)n1. The van der Waals surface area contributed by atoms with Gasteiger partial charge in [0.25, 0.3) is 0 Å². The molecule has 1 heterocycles. The van der Waals surface area contributed by atoms with Gasteiger partial charge in [0, 0.05) is 33.9 Å². The van der Waals surface area contributed by atoms with Gasteiger partial charge in [0.2, 0.25) is 5.95 Å². The highest BCUT2D eigenvalue weighted by Gasteiger charge is 2.08. The van der Waals surface area contributed by atoms with Gasteiger partial charge in [0.1, 0.15) is 5.82 Å². The highest BCUT2D eigenvalue weighted by molar-refractivity contribution is 5.37. The van der Waals surface area contributed by atoms with Crippen LogP contribution in [0, 0.1) is 5.95 Å². The molecule has 1 aromatic rings. The van der Waals surface area contributed by atoms with E-state index in [2.05, 4.69) is 4.98 Å². The average Bonchev–Trinajstić information content (AvgIpc) is 2.33. The van der Waals surface area contributed by atoms with Gasteiger partial charge < -0.3 is 14.4 Å². The standard InChI is InChI=1S/C12H19FN2O2/c1-16-9-4-7-15(8-10-17-2)12-6-3-5-11(13)14-12/h3,5-6H,4,7-10H2,1-2H3. The van der Waals surface area contributed by atoms with Crippen LogP contribution in [-0.4, -0.2) is 45.5 Å². The van der Waals surface area contributed by atoms with Crippen LogP contribution in [0.5, 0.6) is 0 Å². The van der Waals surface area contributed by atoms with E-state index in [1.54, 1.807) is 26.4 Å². The summed E-state index contributed by atoms with van der Waals surface area (Å²) in [4.78, 5) is 5.86. The van der Waals surface area contributed by atoms with Crippen molar-refractivity contribution in [3.8, 4) is 0 Å². The first-order chi connectivity index (χ1) is 8.27. The number of rotatable bonds is 8. The lowest BCUT2D eigenvalue weighted by Gasteiger charge is -2.23. The van der Waals surface area contributed by atoms with Crippen LogP contribution in [0.2, 0.25) is 0 Å². The molecule has 0 fully saturated rings. The molecule has 0 aliphatic carbocycles. The zero-order valence-corrected chi connectivity index (χ0v) is 10.4. The topological polar surface area (TPSA) is 34.6 Å². The molecule has 5 heteroatoms. The van der Waals surface area contributed by atoms with E-state index in [-0.39, 0.29) is 0 Å². The number of methoxy groups -OCH3 is 2. The van der Waals surface area contributed by atoms with Gasteiger partial charge in [-0.2, -0.15) is 4.39 Å². The van der Waals surface area contributed by atoms with Crippen molar-refractivity contribution < 1.29 is 13.9 Å². The van der Waals surface area contributed by atoms with E-state index < -0.39 is 5.95 Å². The fourth-order valence-electron chi connectivity index (χ4n) is 1.52. The first-order valence-corrected chi connectivity index (χ1v) is 5.63. The van der Waals surface area contributed by atoms with Gasteiger partial charge in [0.05, 0.1) is 6.61 Å². The van der Waals surface area contributed by atoms with Crippen molar-refractivity contribution in [2.45, 2.75) is 6.42 Å². The van der Waals surface area contributed by atoms with Crippen LogP contribution in [0.4, 0.5) is 10.2 Å². The molecule has 4 nitrogen and oxygen atoms in total.